The van der Waals surface area contributed by atoms with Crippen molar-refractivity contribution in [2.45, 2.75) is 82.1 Å². The topological polar surface area (TPSA) is 82.8 Å². The van der Waals surface area contributed by atoms with Crippen LogP contribution in [-0.2, 0) is 26.4 Å². The summed E-state index contributed by atoms with van der Waals surface area (Å²) in [5.74, 6) is -0.500. The molecule has 2 fully saturated rings. The van der Waals surface area contributed by atoms with Gasteiger partial charge in [0.2, 0.25) is 0 Å². The minimum Gasteiger partial charge on any atom is -0.467 e. The fourth-order valence-corrected chi connectivity index (χ4v) is 7.43. The Morgan fingerprint density at radius 2 is 1.38 bits per heavy atom. The normalized spacial score (nSPS) is 17.0. The maximum absolute atomic E-state index is 14.0. The first-order chi connectivity index (χ1) is 22.5. The Bertz CT molecular complexity index is 1690. The average molecular weight is 660 g/mol. The number of fused-ring (bicyclic) bond motifs is 1. The van der Waals surface area contributed by atoms with Crippen LogP contribution >= 0.6 is 12.4 Å². The van der Waals surface area contributed by atoms with Crippen LogP contribution in [0.1, 0.15) is 75.0 Å². The number of nitrogens with zero attached hydrogens (tertiary/aromatic N) is 3. The highest BCUT2D eigenvalue weighted by molar-refractivity contribution is 5.85. The quantitative estimate of drug-likeness (QED) is 0.136. The van der Waals surface area contributed by atoms with Gasteiger partial charge in [-0.1, -0.05) is 92.1 Å². The third kappa shape index (κ3) is 7.40. The van der Waals surface area contributed by atoms with E-state index in [9.17, 15) is 14.4 Å². The zero-order chi connectivity index (χ0) is 31.9. The second kappa shape index (κ2) is 15.9. The first-order valence-electron chi connectivity index (χ1n) is 16.8. The minimum atomic E-state index is -1.25. The van der Waals surface area contributed by atoms with Gasteiger partial charge in [0.15, 0.2) is 0 Å². The summed E-state index contributed by atoms with van der Waals surface area (Å²) in [5.41, 5.74) is 0.891. The van der Waals surface area contributed by atoms with Crippen molar-refractivity contribution in [1.29, 1.82) is 0 Å². The maximum Gasteiger partial charge on any atom is 0.332 e. The van der Waals surface area contributed by atoms with E-state index in [1.54, 1.807) is 10.6 Å². The molecule has 0 atom stereocenters. The van der Waals surface area contributed by atoms with Crippen LogP contribution in [0.3, 0.4) is 0 Å². The molecule has 250 valence electrons. The second-order valence-corrected chi connectivity index (χ2v) is 12.8. The lowest BCUT2D eigenvalue weighted by atomic mass is 9.81. The van der Waals surface area contributed by atoms with Crippen molar-refractivity contribution in [3.63, 3.8) is 0 Å². The van der Waals surface area contributed by atoms with Crippen molar-refractivity contribution in [3.05, 3.63) is 117 Å². The zero-order valence-electron chi connectivity index (χ0n) is 27.2. The lowest BCUT2D eigenvalue weighted by molar-refractivity contribution is -0.153. The fraction of sp³-hybridized carbons (Fsp3) is 0.447. The van der Waals surface area contributed by atoms with Gasteiger partial charge >= 0.3 is 11.7 Å². The average Bonchev–Trinajstić information content (AvgIpc) is 3.11. The molecule has 1 saturated carbocycles. The summed E-state index contributed by atoms with van der Waals surface area (Å²) in [7, 11) is 1.34. The number of methoxy groups -OCH3 is 1. The number of benzene rings is 3. The van der Waals surface area contributed by atoms with Crippen molar-refractivity contribution in [3.8, 4) is 0 Å². The van der Waals surface area contributed by atoms with Crippen LogP contribution in [0.2, 0.25) is 0 Å². The molecular formula is C38H46ClN3O5. The summed E-state index contributed by atoms with van der Waals surface area (Å²) in [5, 5.41) is 0.460. The Hall–Kier alpha value is -3.72. The molecule has 1 aromatic heterocycles. The molecular weight excluding hydrogens is 614 g/mol. The molecule has 0 unspecified atom stereocenters. The number of carbonyl (C=O) groups is 1. The standard InChI is InChI=1S/C38H45N3O5.ClH/c1-45-36(43)38(23-11-4-12-24-38)41-35(42)32-19-9-10-20-33(32)40(37(41)44)26-14-13-25-39-27-21-31(22-28-39)46-34(29-15-5-2-6-16-29)30-17-7-3-8-18-30;/h2-3,5-10,15-20,31,34H,4,11-14,21-28H2,1H3;1H. The molecule has 8 nitrogen and oxygen atoms in total. The van der Waals surface area contributed by atoms with Gasteiger partial charge in [0.05, 0.1) is 24.1 Å². The van der Waals surface area contributed by atoms with Gasteiger partial charge in [-0.25, -0.2) is 14.2 Å². The van der Waals surface area contributed by atoms with E-state index >= 15 is 0 Å². The highest BCUT2D eigenvalue weighted by atomic mass is 35.5. The number of piperidine rings is 1. The number of esters is 1. The number of unbranched alkanes of at least 4 members (excludes halogenated alkanes) is 1. The second-order valence-electron chi connectivity index (χ2n) is 12.8. The van der Waals surface area contributed by atoms with Crippen molar-refractivity contribution >= 4 is 29.3 Å². The van der Waals surface area contributed by atoms with E-state index in [0.29, 0.717) is 30.3 Å². The Morgan fingerprint density at radius 3 is 2.00 bits per heavy atom. The van der Waals surface area contributed by atoms with Gasteiger partial charge in [-0.2, -0.15) is 0 Å². The minimum absolute atomic E-state index is 0. The van der Waals surface area contributed by atoms with E-state index in [-0.39, 0.29) is 24.6 Å². The monoisotopic (exact) mass is 659 g/mol. The highest BCUT2D eigenvalue weighted by Crippen LogP contribution is 2.35. The molecule has 9 heteroatoms. The predicted molar refractivity (Wildman–Crippen MR) is 187 cm³/mol. The first-order valence-corrected chi connectivity index (χ1v) is 16.8. The number of ether oxygens (including phenoxy) is 2. The molecule has 0 spiro atoms. The fourth-order valence-electron chi connectivity index (χ4n) is 7.43. The Balaban J connectivity index is 0.00000433. The summed E-state index contributed by atoms with van der Waals surface area (Å²) < 4.78 is 14.8. The number of aromatic nitrogens is 2. The SMILES string of the molecule is COC(=O)C1(n2c(=O)c3ccccc3n(CCCCN3CCC(OC(c4ccccc4)c4ccccc4)CC3)c2=O)CCCCC1.Cl. The summed E-state index contributed by atoms with van der Waals surface area (Å²) in [6.07, 6.45) is 7.15. The molecule has 6 rings (SSSR count). The molecule has 0 bridgehead atoms. The highest BCUT2D eigenvalue weighted by Gasteiger charge is 2.45. The molecule has 2 heterocycles. The third-order valence-electron chi connectivity index (χ3n) is 9.90. The van der Waals surface area contributed by atoms with Gasteiger partial charge in [0.1, 0.15) is 11.6 Å². The van der Waals surface area contributed by atoms with Gasteiger partial charge in [-0.3, -0.25) is 9.36 Å². The van der Waals surface area contributed by atoms with E-state index in [4.69, 9.17) is 9.47 Å². The summed E-state index contributed by atoms with van der Waals surface area (Å²) in [6, 6.07) is 28.1. The van der Waals surface area contributed by atoms with Crippen molar-refractivity contribution in [1.82, 2.24) is 14.0 Å². The van der Waals surface area contributed by atoms with Crippen molar-refractivity contribution in [2.75, 3.05) is 26.7 Å². The largest absolute Gasteiger partial charge is 0.467 e. The van der Waals surface area contributed by atoms with Crippen LogP contribution < -0.4 is 11.2 Å². The Kier molecular flexibility index (Phi) is 11.7. The summed E-state index contributed by atoms with van der Waals surface area (Å²) in [6.45, 7) is 3.35. The van der Waals surface area contributed by atoms with E-state index in [0.717, 1.165) is 64.6 Å². The number of halogens is 1. The van der Waals surface area contributed by atoms with E-state index in [2.05, 4.69) is 53.4 Å². The molecule has 0 N–H and O–H groups in total. The van der Waals surface area contributed by atoms with Crippen LogP contribution in [-0.4, -0.2) is 52.9 Å². The van der Waals surface area contributed by atoms with Crippen LogP contribution in [0.25, 0.3) is 10.9 Å². The maximum atomic E-state index is 14.0. The zero-order valence-corrected chi connectivity index (χ0v) is 28.0. The van der Waals surface area contributed by atoms with Gasteiger partial charge in [-0.05, 0) is 68.3 Å². The van der Waals surface area contributed by atoms with Crippen molar-refractivity contribution < 1.29 is 14.3 Å². The smallest absolute Gasteiger partial charge is 0.332 e. The van der Waals surface area contributed by atoms with E-state index < -0.39 is 22.8 Å². The van der Waals surface area contributed by atoms with Crippen molar-refractivity contribution in [2.24, 2.45) is 0 Å². The molecule has 4 aromatic rings. The molecule has 0 amide bonds. The number of rotatable bonds is 11. The van der Waals surface area contributed by atoms with E-state index in [1.165, 1.54) is 22.8 Å². The van der Waals surface area contributed by atoms with Gasteiger partial charge in [0, 0.05) is 19.6 Å². The summed E-state index contributed by atoms with van der Waals surface area (Å²) in [4.78, 5) is 43.4. The number of para-hydroxylation sites is 1. The van der Waals surface area contributed by atoms with Crippen LogP contribution in [0.4, 0.5) is 0 Å². The molecule has 3 aromatic carbocycles. The van der Waals surface area contributed by atoms with Crippen LogP contribution in [0.15, 0.2) is 94.5 Å². The van der Waals surface area contributed by atoms with E-state index in [1.807, 2.05) is 30.3 Å². The van der Waals surface area contributed by atoms with Crippen LogP contribution in [0.5, 0.6) is 0 Å². The third-order valence-corrected chi connectivity index (χ3v) is 9.90. The Labute approximate surface area is 282 Å². The number of carbonyl (C=O) groups excluding carboxylic acids is 1. The number of likely N-dealkylation sites (tertiary alicyclic amines) is 1. The van der Waals surface area contributed by atoms with Crippen LogP contribution in [0, 0.1) is 0 Å². The predicted octanol–water partition coefficient (Wildman–Crippen LogP) is 6.47. The molecule has 47 heavy (non-hydrogen) atoms. The molecule has 2 aliphatic rings. The summed E-state index contributed by atoms with van der Waals surface area (Å²) >= 11 is 0. The lowest BCUT2D eigenvalue weighted by Crippen LogP contribution is -2.56. The number of aryl methyl sites for hydroxylation is 1. The number of hydrogen-bond acceptors (Lipinski definition) is 6. The molecule has 0 radical (unpaired) electrons. The molecule has 1 saturated heterocycles. The first kappa shape index (κ1) is 34.6. The molecule has 1 aliphatic carbocycles. The van der Waals surface area contributed by atoms with Gasteiger partial charge in [0.25, 0.3) is 5.56 Å². The van der Waals surface area contributed by atoms with Gasteiger partial charge in [-0.15, -0.1) is 12.4 Å². The lowest BCUT2D eigenvalue weighted by Gasteiger charge is -2.36. The Morgan fingerprint density at radius 1 is 0.809 bits per heavy atom. The molecule has 1 aliphatic heterocycles. The number of hydrogen-bond donors (Lipinski definition) is 0. The van der Waals surface area contributed by atoms with Gasteiger partial charge < -0.3 is 14.4 Å².